The van der Waals surface area contributed by atoms with Crippen LogP contribution < -0.4 is 0 Å². The summed E-state index contributed by atoms with van der Waals surface area (Å²) in [5, 5.41) is 0. The molecule has 114 valence electrons. The van der Waals surface area contributed by atoms with Crippen LogP contribution in [0.25, 0.3) is 5.70 Å². The van der Waals surface area contributed by atoms with Crippen LogP contribution in [-0.4, -0.2) is 22.9 Å². The fourth-order valence-corrected chi connectivity index (χ4v) is 2.52. The van der Waals surface area contributed by atoms with Crippen LogP contribution in [0.3, 0.4) is 0 Å². The van der Waals surface area contributed by atoms with Gasteiger partial charge in [-0.15, -0.1) is 0 Å². The number of alkyl halides is 1. The molecule has 1 aromatic rings. The lowest BCUT2D eigenvalue weighted by Crippen LogP contribution is -2.47. The Morgan fingerprint density at radius 1 is 1.38 bits per heavy atom. The molecule has 0 aliphatic carbocycles. The number of halogens is 1. The molecule has 0 spiro atoms. The number of rotatable bonds is 4. The SMILES string of the molecule is C=C1c2cc(C)ccc2N=C(C(C)(F)C(C)C)N1CCC. The zero-order valence-corrected chi connectivity index (χ0v) is 13.7. The highest BCUT2D eigenvalue weighted by molar-refractivity contribution is 6.02. The highest BCUT2D eigenvalue weighted by Gasteiger charge is 2.40. The molecule has 1 atom stereocenters. The first-order chi connectivity index (χ1) is 9.78. The van der Waals surface area contributed by atoms with Gasteiger partial charge in [-0.05, 0) is 38.3 Å². The third-order valence-electron chi connectivity index (χ3n) is 4.24. The zero-order valence-electron chi connectivity index (χ0n) is 13.7. The molecule has 2 nitrogen and oxygen atoms in total. The van der Waals surface area contributed by atoms with Gasteiger partial charge >= 0.3 is 0 Å². The van der Waals surface area contributed by atoms with Crippen LogP contribution in [0.1, 0.15) is 45.2 Å². The molecule has 0 saturated carbocycles. The van der Waals surface area contributed by atoms with Crippen molar-refractivity contribution in [3.8, 4) is 0 Å². The number of benzene rings is 1. The van der Waals surface area contributed by atoms with Crippen molar-refractivity contribution in [3.05, 3.63) is 35.9 Å². The molecule has 1 aliphatic heterocycles. The van der Waals surface area contributed by atoms with Crippen molar-refractivity contribution in [1.29, 1.82) is 0 Å². The van der Waals surface area contributed by atoms with Gasteiger partial charge in [0.05, 0.1) is 5.69 Å². The third-order valence-corrected chi connectivity index (χ3v) is 4.24. The fraction of sp³-hybridized carbons (Fsp3) is 0.500. The van der Waals surface area contributed by atoms with Crippen molar-refractivity contribution < 1.29 is 4.39 Å². The molecule has 1 aromatic carbocycles. The quantitative estimate of drug-likeness (QED) is 0.752. The topological polar surface area (TPSA) is 15.6 Å². The first kappa shape index (κ1) is 15.7. The fourth-order valence-electron chi connectivity index (χ4n) is 2.52. The molecular weight excluding hydrogens is 263 g/mol. The summed E-state index contributed by atoms with van der Waals surface area (Å²) in [5.41, 5.74) is 2.37. The molecule has 2 rings (SSSR count). The third kappa shape index (κ3) is 2.74. The van der Waals surface area contributed by atoms with Crippen LogP contribution in [0.2, 0.25) is 0 Å². The smallest absolute Gasteiger partial charge is 0.167 e. The molecule has 1 unspecified atom stereocenters. The molecule has 0 radical (unpaired) electrons. The molecule has 1 aliphatic rings. The summed E-state index contributed by atoms with van der Waals surface area (Å²) in [7, 11) is 0. The Balaban J connectivity index is 2.60. The van der Waals surface area contributed by atoms with Gasteiger partial charge in [0.15, 0.2) is 5.67 Å². The van der Waals surface area contributed by atoms with Crippen LogP contribution in [0.15, 0.2) is 29.8 Å². The van der Waals surface area contributed by atoms with E-state index < -0.39 is 5.67 Å². The number of hydrogen-bond donors (Lipinski definition) is 0. The van der Waals surface area contributed by atoms with Gasteiger partial charge in [0.1, 0.15) is 5.84 Å². The summed E-state index contributed by atoms with van der Waals surface area (Å²) < 4.78 is 15.2. The lowest BCUT2D eigenvalue weighted by Gasteiger charge is -2.39. The van der Waals surface area contributed by atoms with Gasteiger partial charge in [0.2, 0.25) is 0 Å². The van der Waals surface area contributed by atoms with Crippen LogP contribution >= 0.6 is 0 Å². The predicted octanol–water partition coefficient (Wildman–Crippen LogP) is 5.11. The first-order valence-electron chi connectivity index (χ1n) is 7.64. The highest BCUT2D eigenvalue weighted by atomic mass is 19.1. The summed E-state index contributed by atoms with van der Waals surface area (Å²) in [6.45, 7) is 14.5. The van der Waals surface area contributed by atoms with Crippen LogP contribution in [0.5, 0.6) is 0 Å². The minimum atomic E-state index is -1.47. The number of nitrogens with zero attached hydrogens (tertiary/aromatic N) is 2. The predicted molar refractivity (Wildman–Crippen MR) is 88.7 cm³/mol. The zero-order chi connectivity index (χ0) is 15.8. The van der Waals surface area contributed by atoms with Gasteiger partial charge in [-0.3, -0.25) is 0 Å². The van der Waals surface area contributed by atoms with E-state index in [1.807, 2.05) is 37.8 Å². The Bertz CT molecular complexity index is 585. The van der Waals surface area contributed by atoms with E-state index in [9.17, 15) is 0 Å². The monoisotopic (exact) mass is 288 g/mol. The normalized spacial score (nSPS) is 17.6. The summed E-state index contributed by atoms with van der Waals surface area (Å²) in [6.07, 6.45) is 0.924. The second kappa shape index (κ2) is 5.63. The van der Waals surface area contributed by atoms with Crippen molar-refractivity contribution in [3.63, 3.8) is 0 Å². The maximum atomic E-state index is 15.2. The number of fused-ring (bicyclic) bond motifs is 1. The molecule has 0 saturated heterocycles. The molecule has 0 fully saturated rings. The van der Waals surface area contributed by atoms with E-state index in [1.165, 1.54) is 0 Å². The number of hydrogen-bond acceptors (Lipinski definition) is 2. The van der Waals surface area contributed by atoms with Gasteiger partial charge in [-0.2, -0.15) is 0 Å². The molecule has 3 heteroatoms. The average Bonchev–Trinajstić information content (AvgIpc) is 2.42. The van der Waals surface area contributed by atoms with E-state index in [1.54, 1.807) is 6.92 Å². The second-order valence-electron chi connectivity index (χ2n) is 6.28. The minimum absolute atomic E-state index is 0.143. The Kier molecular flexibility index (Phi) is 4.22. The maximum absolute atomic E-state index is 15.2. The Morgan fingerprint density at radius 3 is 2.62 bits per heavy atom. The number of amidine groups is 1. The maximum Gasteiger partial charge on any atom is 0.167 e. The largest absolute Gasteiger partial charge is 0.327 e. The lowest BCUT2D eigenvalue weighted by atomic mass is 9.90. The van der Waals surface area contributed by atoms with Crippen molar-refractivity contribution in [2.45, 2.75) is 46.7 Å². The van der Waals surface area contributed by atoms with Crippen molar-refractivity contribution in [1.82, 2.24) is 4.90 Å². The molecule has 0 aromatic heterocycles. The molecule has 0 bridgehead atoms. The molecule has 21 heavy (non-hydrogen) atoms. The molecular formula is C18H25FN2. The average molecular weight is 288 g/mol. The van der Waals surface area contributed by atoms with Gasteiger partial charge in [-0.1, -0.05) is 39.0 Å². The van der Waals surface area contributed by atoms with E-state index in [-0.39, 0.29) is 5.92 Å². The summed E-state index contributed by atoms with van der Waals surface area (Å²) in [5.74, 6) is 0.344. The van der Waals surface area contributed by atoms with E-state index in [4.69, 9.17) is 0 Å². The van der Waals surface area contributed by atoms with Crippen molar-refractivity contribution in [2.24, 2.45) is 10.9 Å². The van der Waals surface area contributed by atoms with E-state index in [0.717, 1.165) is 35.5 Å². The Hall–Kier alpha value is -1.64. The highest BCUT2D eigenvalue weighted by Crippen LogP contribution is 2.39. The van der Waals surface area contributed by atoms with Gasteiger partial charge in [0, 0.05) is 17.8 Å². The van der Waals surface area contributed by atoms with E-state index in [0.29, 0.717) is 5.84 Å². The van der Waals surface area contributed by atoms with Crippen LogP contribution in [0, 0.1) is 12.8 Å². The van der Waals surface area contributed by atoms with Crippen molar-refractivity contribution in [2.75, 3.05) is 6.54 Å². The van der Waals surface area contributed by atoms with Crippen LogP contribution in [0.4, 0.5) is 10.1 Å². The van der Waals surface area contributed by atoms with Gasteiger partial charge < -0.3 is 4.90 Å². The van der Waals surface area contributed by atoms with Gasteiger partial charge in [0.25, 0.3) is 0 Å². The summed E-state index contributed by atoms with van der Waals surface area (Å²) in [4.78, 5) is 6.58. The number of aryl methyl sites for hydroxylation is 1. The molecule has 0 N–H and O–H groups in total. The minimum Gasteiger partial charge on any atom is -0.327 e. The molecule has 0 amide bonds. The first-order valence-corrected chi connectivity index (χ1v) is 7.64. The van der Waals surface area contributed by atoms with Crippen molar-refractivity contribution >= 4 is 17.2 Å². The van der Waals surface area contributed by atoms with E-state index in [2.05, 4.69) is 24.6 Å². The lowest BCUT2D eigenvalue weighted by molar-refractivity contribution is 0.191. The Morgan fingerprint density at radius 2 is 2.05 bits per heavy atom. The summed E-state index contributed by atoms with van der Waals surface area (Å²) >= 11 is 0. The Labute approximate surface area is 127 Å². The van der Waals surface area contributed by atoms with Gasteiger partial charge in [-0.25, -0.2) is 9.38 Å². The van der Waals surface area contributed by atoms with Crippen LogP contribution in [-0.2, 0) is 0 Å². The molecule has 1 heterocycles. The second-order valence-corrected chi connectivity index (χ2v) is 6.28. The summed E-state index contributed by atoms with van der Waals surface area (Å²) in [6, 6.07) is 6.04. The standard InChI is InChI=1S/C18H25FN2/c1-7-10-21-14(5)15-11-13(4)8-9-16(15)20-17(21)18(6,19)12(2)3/h8-9,11-12H,5,7,10H2,1-4,6H3. The number of aliphatic imine (C=N–C) groups is 1. The van der Waals surface area contributed by atoms with E-state index >= 15 is 4.39 Å².